The number of hydrogen-bond donors (Lipinski definition) is 1. The quantitative estimate of drug-likeness (QED) is 0.818. The molecule has 0 amide bonds. The molecule has 1 N–H and O–H groups in total. The number of aromatic nitrogens is 2. The van der Waals surface area contributed by atoms with Crippen molar-refractivity contribution in [3.05, 3.63) is 54.5 Å². The number of carbonyl (C=O) groups is 1. The van der Waals surface area contributed by atoms with Crippen molar-refractivity contribution in [3.63, 3.8) is 0 Å². The molecule has 8 heteroatoms. The molecule has 2 aliphatic heterocycles. The van der Waals surface area contributed by atoms with Crippen LogP contribution in [0.3, 0.4) is 0 Å². The Morgan fingerprint density at radius 1 is 1.14 bits per heavy atom. The Balaban J connectivity index is 0.00000117. The van der Waals surface area contributed by atoms with Gasteiger partial charge in [-0.3, -0.25) is 14.9 Å². The molecule has 0 spiro atoms. The number of methoxy groups -OCH3 is 1. The molecule has 0 radical (unpaired) electrons. The van der Waals surface area contributed by atoms with Gasteiger partial charge in [0.15, 0.2) is 0 Å². The van der Waals surface area contributed by atoms with E-state index in [4.69, 9.17) is 9.53 Å². The van der Waals surface area contributed by atoms with Crippen molar-refractivity contribution < 1.29 is 9.53 Å². The van der Waals surface area contributed by atoms with Gasteiger partial charge in [0.1, 0.15) is 6.79 Å². The first-order valence-corrected chi connectivity index (χ1v) is 9.73. The van der Waals surface area contributed by atoms with Gasteiger partial charge in [0.2, 0.25) is 5.88 Å². The number of nitrogens with zero attached hydrogens (tertiary/aromatic N) is 5. The lowest BCUT2D eigenvalue weighted by Crippen LogP contribution is -2.54. The molecular formula is C21H28N6O2. The van der Waals surface area contributed by atoms with E-state index in [1.807, 2.05) is 49.5 Å². The minimum atomic E-state index is 0.142. The molecular weight excluding hydrogens is 368 g/mol. The smallest absolute Gasteiger partial charge is 0.213 e. The number of likely N-dealkylation sites (N-methyl/N-ethyl adjacent to an activating group) is 1. The fourth-order valence-corrected chi connectivity index (χ4v) is 3.56. The minimum absolute atomic E-state index is 0.142. The average Bonchev–Trinajstić information content (AvgIpc) is 3.26. The first kappa shape index (κ1) is 20.9. The van der Waals surface area contributed by atoms with E-state index in [0.717, 1.165) is 49.8 Å². The molecule has 1 unspecified atom stereocenters. The van der Waals surface area contributed by atoms with Crippen molar-refractivity contribution in [2.24, 2.45) is 0 Å². The van der Waals surface area contributed by atoms with Gasteiger partial charge in [-0.2, -0.15) is 0 Å². The number of pyridine rings is 2. The number of rotatable bonds is 5. The largest absolute Gasteiger partial charge is 0.481 e. The number of piperazine rings is 1. The molecule has 1 fully saturated rings. The second kappa shape index (κ2) is 10.1. The maximum absolute atomic E-state index is 8.00. The topological polar surface area (TPSA) is 73.8 Å². The Labute approximate surface area is 171 Å². The van der Waals surface area contributed by atoms with Crippen molar-refractivity contribution in [3.8, 4) is 5.88 Å². The average molecular weight is 396 g/mol. The van der Waals surface area contributed by atoms with Crippen LogP contribution in [0.2, 0.25) is 0 Å². The summed E-state index contributed by atoms with van der Waals surface area (Å²) in [5.74, 6) is 0.605. The first-order valence-electron chi connectivity index (χ1n) is 9.73. The van der Waals surface area contributed by atoms with E-state index < -0.39 is 0 Å². The first-order chi connectivity index (χ1) is 14.3. The standard InChI is InChI=1S/C20H26N6O.CH2O/c1-3-24-10-12-25(13-11-24)19-14-18(17-6-4-5-9-21-17)26(23-19)16-7-8-20(27-2)22-15-16;1-2/h4-9,14-15,19,23H,3,10-13H2,1-2H3;1H2. The molecule has 1 atom stereocenters. The third kappa shape index (κ3) is 4.79. The second-order valence-electron chi connectivity index (χ2n) is 6.71. The molecule has 4 heterocycles. The molecule has 2 aromatic heterocycles. The summed E-state index contributed by atoms with van der Waals surface area (Å²) in [4.78, 5) is 21.9. The van der Waals surface area contributed by atoms with Crippen molar-refractivity contribution in [2.45, 2.75) is 13.1 Å². The Kier molecular flexibility index (Phi) is 7.29. The second-order valence-corrected chi connectivity index (χ2v) is 6.71. The van der Waals surface area contributed by atoms with E-state index >= 15 is 0 Å². The fourth-order valence-electron chi connectivity index (χ4n) is 3.56. The Bertz CT molecular complexity index is 791. The Morgan fingerprint density at radius 3 is 2.52 bits per heavy atom. The van der Waals surface area contributed by atoms with Crippen LogP contribution >= 0.6 is 0 Å². The van der Waals surface area contributed by atoms with Gasteiger partial charge in [0, 0.05) is 38.4 Å². The van der Waals surface area contributed by atoms with E-state index in [-0.39, 0.29) is 6.17 Å². The minimum Gasteiger partial charge on any atom is -0.481 e. The van der Waals surface area contributed by atoms with Crippen LogP contribution in [-0.2, 0) is 4.79 Å². The zero-order valence-electron chi connectivity index (χ0n) is 17.0. The SMILES string of the molecule is C=O.CCN1CCN(C2C=C(c3ccccn3)N(c3ccc(OC)nc3)N2)CC1. The summed E-state index contributed by atoms with van der Waals surface area (Å²) in [5.41, 5.74) is 6.57. The van der Waals surface area contributed by atoms with Crippen molar-refractivity contribution >= 4 is 18.2 Å². The van der Waals surface area contributed by atoms with E-state index in [0.29, 0.717) is 5.88 Å². The summed E-state index contributed by atoms with van der Waals surface area (Å²) in [6, 6.07) is 9.87. The number of carbonyl (C=O) groups excluding carboxylic acids is 1. The predicted octanol–water partition coefficient (Wildman–Crippen LogP) is 1.63. The molecule has 0 aromatic carbocycles. The molecule has 8 nitrogen and oxygen atoms in total. The molecule has 2 aliphatic rings. The summed E-state index contributed by atoms with van der Waals surface area (Å²) in [6.07, 6.45) is 6.05. The maximum atomic E-state index is 8.00. The monoisotopic (exact) mass is 396 g/mol. The normalized spacial score (nSPS) is 20.0. The van der Waals surface area contributed by atoms with Crippen molar-refractivity contribution in [1.29, 1.82) is 0 Å². The van der Waals surface area contributed by atoms with Crippen LogP contribution in [-0.4, -0.2) is 72.6 Å². The third-order valence-electron chi connectivity index (χ3n) is 5.18. The lowest BCUT2D eigenvalue weighted by atomic mass is 10.2. The number of nitrogens with one attached hydrogen (secondary N) is 1. The van der Waals surface area contributed by atoms with Crippen LogP contribution in [0, 0.1) is 0 Å². The number of hydrazine groups is 1. The van der Waals surface area contributed by atoms with E-state index in [1.54, 1.807) is 7.11 Å². The number of ether oxygens (including phenoxy) is 1. The number of anilines is 1. The highest BCUT2D eigenvalue weighted by atomic mass is 16.5. The zero-order valence-corrected chi connectivity index (χ0v) is 17.0. The van der Waals surface area contributed by atoms with E-state index in [2.05, 4.69) is 43.2 Å². The number of hydrogen-bond acceptors (Lipinski definition) is 8. The van der Waals surface area contributed by atoms with Crippen molar-refractivity contribution in [2.75, 3.05) is 44.8 Å². The summed E-state index contributed by atoms with van der Waals surface area (Å²) in [7, 11) is 1.63. The van der Waals surface area contributed by atoms with Gasteiger partial charge < -0.3 is 14.4 Å². The highest BCUT2D eigenvalue weighted by Crippen LogP contribution is 2.29. The fraction of sp³-hybridized carbons (Fsp3) is 0.381. The molecule has 4 rings (SSSR count). The summed E-state index contributed by atoms with van der Waals surface area (Å²) < 4.78 is 5.19. The summed E-state index contributed by atoms with van der Waals surface area (Å²) in [6.45, 7) is 9.64. The highest BCUT2D eigenvalue weighted by molar-refractivity contribution is 5.79. The van der Waals surface area contributed by atoms with Crippen LogP contribution < -0.4 is 15.2 Å². The Morgan fingerprint density at radius 2 is 1.93 bits per heavy atom. The lowest BCUT2D eigenvalue weighted by molar-refractivity contribution is -0.0979. The van der Waals surface area contributed by atoms with Crippen LogP contribution in [0.1, 0.15) is 12.6 Å². The van der Waals surface area contributed by atoms with Crippen LogP contribution in [0.25, 0.3) is 5.70 Å². The third-order valence-corrected chi connectivity index (χ3v) is 5.18. The van der Waals surface area contributed by atoms with Gasteiger partial charge in [-0.15, -0.1) is 0 Å². The van der Waals surface area contributed by atoms with E-state index in [1.165, 1.54) is 0 Å². The summed E-state index contributed by atoms with van der Waals surface area (Å²) in [5, 5.41) is 2.08. The Hall–Kier alpha value is -2.81. The molecule has 0 saturated carbocycles. The summed E-state index contributed by atoms with van der Waals surface area (Å²) >= 11 is 0. The van der Waals surface area contributed by atoms with Gasteiger partial charge in [-0.25, -0.2) is 10.4 Å². The van der Waals surface area contributed by atoms with Crippen LogP contribution in [0.4, 0.5) is 5.69 Å². The maximum Gasteiger partial charge on any atom is 0.213 e. The molecule has 0 aliphatic carbocycles. The van der Waals surface area contributed by atoms with E-state index in [9.17, 15) is 0 Å². The van der Waals surface area contributed by atoms with Crippen molar-refractivity contribution in [1.82, 2.24) is 25.2 Å². The van der Waals surface area contributed by atoms with Gasteiger partial charge in [0.25, 0.3) is 0 Å². The lowest BCUT2D eigenvalue weighted by Gasteiger charge is -2.37. The molecule has 154 valence electrons. The predicted molar refractivity (Wildman–Crippen MR) is 113 cm³/mol. The van der Waals surface area contributed by atoms with Gasteiger partial charge >= 0.3 is 0 Å². The van der Waals surface area contributed by atoms with Gasteiger partial charge in [-0.05, 0) is 30.8 Å². The zero-order chi connectivity index (χ0) is 20.6. The molecule has 2 aromatic rings. The molecule has 29 heavy (non-hydrogen) atoms. The highest BCUT2D eigenvalue weighted by Gasteiger charge is 2.31. The van der Waals surface area contributed by atoms with Crippen LogP contribution in [0.15, 0.2) is 48.8 Å². The van der Waals surface area contributed by atoms with Crippen LogP contribution in [0.5, 0.6) is 5.88 Å². The molecule has 1 saturated heterocycles. The molecule has 0 bridgehead atoms. The van der Waals surface area contributed by atoms with Gasteiger partial charge in [0.05, 0.1) is 36.6 Å². The van der Waals surface area contributed by atoms with Gasteiger partial charge in [-0.1, -0.05) is 13.0 Å².